The molecular formula is C10H13N3O. The number of nitrogen functional groups attached to an aromatic ring is 1. The third-order valence-corrected chi connectivity index (χ3v) is 2.31. The van der Waals surface area contributed by atoms with Crippen molar-refractivity contribution in [2.75, 3.05) is 11.1 Å². The van der Waals surface area contributed by atoms with Crippen molar-refractivity contribution in [2.24, 2.45) is 5.92 Å². The van der Waals surface area contributed by atoms with E-state index in [2.05, 4.69) is 10.3 Å². The number of carbonyl (C=O) groups is 1. The smallest absolute Gasteiger partial charge is 0.227 e. The molecule has 1 aliphatic carbocycles. The fraction of sp³-hybridized carbons (Fsp3) is 0.400. The first-order chi connectivity index (χ1) is 6.66. The van der Waals surface area contributed by atoms with Gasteiger partial charge in [-0.25, -0.2) is 0 Å². The van der Waals surface area contributed by atoms with Gasteiger partial charge in [0, 0.05) is 5.92 Å². The monoisotopic (exact) mass is 191 g/mol. The van der Waals surface area contributed by atoms with E-state index >= 15 is 0 Å². The van der Waals surface area contributed by atoms with Gasteiger partial charge in [0.2, 0.25) is 5.91 Å². The summed E-state index contributed by atoms with van der Waals surface area (Å²) in [5.74, 6) is 0.288. The number of nitrogens with two attached hydrogens (primary N) is 1. The van der Waals surface area contributed by atoms with E-state index in [-0.39, 0.29) is 11.8 Å². The van der Waals surface area contributed by atoms with E-state index in [0.29, 0.717) is 5.69 Å². The van der Waals surface area contributed by atoms with Gasteiger partial charge in [-0.15, -0.1) is 0 Å². The van der Waals surface area contributed by atoms with Crippen LogP contribution in [0.15, 0.2) is 12.3 Å². The van der Waals surface area contributed by atoms with Gasteiger partial charge in [0.05, 0.1) is 23.3 Å². The van der Waals surface area contributed by atoms with Crippen LogP contribution in [0.3, 0.4) is 0 Å². The quantitative estimate of drug-likeness (QED) is 0.740. The number of rotatable bonds is 2. The average Bonchev–Trinajstić information content (AvgIpc) is 2.94. The van der Waals surface area contributed by atoms with Crippen LogP contribution in [0.5, 0.6) is 0 Å². The standard InChI is InChI=1S/C10H13N3O/c1-6-9(4-8(11)5-12-6)13-10(14)7-2-3-7/h4-5,7H,2-3,11H2,1H3,(H,13,14). The van der Waals surface area contributed by atoms with Crippen LogP contribution in [0.1, 0.15) is 18.5 Å². The molecule has 0 aliphatic heterocycles. The molecule has 74 valence electrons. The maximum Gasteiger partial charge on any atom is 0.227 e. The van der Waals surface area contributed by atoms with Crippen LogP contribution in [-0.4, -0.2) is 10.9 Å². The maximum atomic E-state index is 11.5. The van der Waals surface area contributed by atoms with Crippen molar-refractivity contribution in [2.45, 2.75) is 19.8 Å². The van der Waals surface area contributed by atoms with Gasteiger partial charge in [-0.3, -0.25) is 9.78 Å². The number of aryl methyl sites for hydroxylation is 1. The molecule has 0 unspecified atom stereocenters. The van der Waals surface area contributed by atoms with Crippen LogP contribution in [0.25, 0.3) is 0 Å². The first-order valence-electron chi connectivity index (χ1n) is 4.70. The number of nitrogens with one attached hydrogen (secondary N) is 1. The molecule has 0 bridgehead atoms. The normalized spacial score (nSPS) is 15.2. The van der Waals surface area contributed by atoms with E-state index in [1.165, 1.54) is 0 Å². The zero-order valence-corrected chi connectivity index (χ0v) is 8.08. The highest BCUT2D eigenvalue weighted by Gasteiger charge is 2.29. The summed E-state index contributed by atoms with van der Waals surface area (Å²) in [5.41, 5.74) is 7.68. The number of hydrogen-bond acceptors (Lipinski definition) is 3. The highest BCUT2D eigenvalue weighted by atomic mass is 16.2. The van der Waals surface area contributed by atoms with Crippen LogP contribution in [0.2, 0.25) is 0 Å². The minimum absolute atomic E-state index is 0.0838. The largest absolute Gasteiger partial charge is 0.397 e. The number of pyridine rings is 1. The van der Waals surface area contributed by atoms with Crippen LogP contribution in [-0.2, 0) is 4.79 Å². The average molecular weight is 191 g/mol. The van der Waals surface area contributed by atoms with Gasteiger partial charge in [0.25, 0.3) is 0 Å². The molecule has 1 aromatic rings. The van der Waals surface area contributed by atoms with Gasteiger partial charge < -0.3 is 11.1 Å². The van der Waals surface area contributed by atoms with Crippen LogP contribution in [0, 0.1) is 12.8 Å². The topological polar surface area (TPSA) is 68.0 Å². The molecule has 0 atom stereocenters. The molecule has 1 heterocycles. The molecule has 1 amide bonds. The summed E-state index contributed by atoms with van der Waals surface area (Å²) in [6, 6.07) is 1.74. The second-order valence-corrected chi connectivity index (χ2v) is 3.67. The Morgan fingerprint density at radius 2 is 2.36 bits per heavy atom. The Hall–Kier alpha value is -1.58. The van der Waals surface area contributed by atoms with Gasteiger partial charge in [0.15, 0.2) is 0 Å². The summed E-state index contributed by atoms with van der Waals surface area (Å²) in [6.07, 6.45) is 3.59. The lowest BCUT2D eigenvalue weighted by Gasteiger charge is -2.07. The van der Waals surface area contributed by atoms with Crippen molar-refractivity contribution < 1.29 is 4.79 Å². The molecule has 0 saturated heterocycles. The van der Waals surface area contributed by atoms with E-state index in [4.69, 9.17) is 5.73 Å². The number of amides is 1. The minimum Gasteiger partial charge on any atom is -0.397 e. The number of carbonyl (C=O) groups excluding carboxylic acids is 1. The molecule has 1 aliphatic rings. The molecule has 1 fully saturated rings. The second-order valence-electron chi connectivity index (χ2n) is 3.67. The lowest BCUT2D eigenvalue weighted by Crippen LogP contribution is -2.14. The Morgan fingerprint density at radius 3 is 3.00 bits per heavy atom. The molecule has 2 rings (SSSR count). The molecule has 3 N–H and O–H groups in total. The SMILES string of the molecule is Cc1ncc(N)cc1NC(=O)C1CC1. The van der Waals surface area contributed by atoms with E-state index in [1.54, 1.807) is 12.3 Å². The van der Waals surface area contributed by atoms with Crippen molar-refractivity contribution in [3.05, 3.63) is 18.0 Å². The van der Waals surface area contributed by atoms with Crippen LogP contribution >= 0.6 is 0 Å². The lowest BCUT2D eigenvalue weighted by atomic mass is 10.2. The van der Waals surface area contributed by atoms with Crippen molar-refractivity contribution in [3.63, 3.8) is 0 Å². The number of hydrogen-bond donors (Lipinski definition) is 2. The molecule has 1 aromatic heterocycles. The minimum atomic E-state index is 0.0838. The summed E-state index contributed by atoms with van der Waals surface area (Å²) >= 11 is 0. The van der Waals surface area contributed by atoms with E-state index in [0.717, 1.165) is 24.2 Å². The predicted molar refractivity (Wildman–Crippen MR) is 54.7 cm³/mol. The van der Waals surface area contributed by atoms with E-state index < -0.39 is 0 Å². The fourth-order valence-electron chi connectivity index (χ4n) is 1.26. The first-order valence-corrected chi connectivity index (χ1v) is 4.70. The third kappa shape index (κ3) is 1.84. The van der Waals surface area contributed by atoms with Crippen molar-refractivity contribution >= 4 is 17.3 Å². The van der Waals surface area contributed by atoms with E-state index in [1.807, 2.05) is 6.92 Å². The Morgan fingerprint density at radius 1 is 1.64 bits per heavy atom. The van der Waals surface area contributed by atoms with Gasteiger partial charge in [-0.05, 0) is 25.8 Å². The third-order valence-electron chi connectivity index (χ3n) is 2.31. The number of nitrogens with zero attached hydrogens (tertiary/aromatic N) is 1. The van der Waals surface area contributed by atoms with Crippen LogP contribution in [0.4, 0.5) is 11.4 Å². The van der Waals surface area contributed by atoms with E-state index in [9.17, 15) is 4.79 Å². The zero-order valence-electron chi connectivity index (χ0n) is 8.08. The Labute approximate surface area is 82.5 Å². The summed E-state index contributed by atoms with van der Waals surface area (Å²) in [7, 11) is 0. The summed E-state index contributed by atoms with van der Waals surface area (Å²) in [4.78, 5) is 15.5. The summed E-state index contributed by atoms with van der Waals surface area (Å²) < 4.78 is 0. The molecular weight excluding hydrogens is 178 g/mol. The maximum absolute atomic E-state index is 11.5. The molecule has 14 heavy (non-hydrogen) atoms. The lowest BCUT2D eigenvalue weighted by molar-refractivity contribution is -0.117. The highest BCUT2D eigenvalue weighted by Crippen LogP contribution is 2.30. The summed E-state index contributed by atoms with van der Waals surface area (Å²) in [6.45, 7) is 1.85. The zero-order chi connectivity index (χ0) is 10.1. The molecule has 0 radical (unpaired) electrons. The fourth-order valence-corrected chi connectivity index (χ4v) is 1.26. The second kappa shape index (κ2) is 3.29. The Balaban J connectivity index is 2.14. The molecule has 0 spiro atoms. The molecule has 4 nitrogen and oxygen atoms in total. The highest BCUT2D eigenvalue weighted by molar-refractivity contribution is 5.94. The van der Waals surface area contributed by atoms with Gasteiger partial charge in [0.1, 0.15) is 0 Å². The Kier molecular flexibility index (Phi) is 2.11. The molecule has 1 saturated carbocycles. The van der Waals surface area contributed by atoms with Crippen molar-refractivity contribution in [1.82, 2.24) is 4.98 Å². The molecule has 0 aromatic carbocycles. The van der Waals surface area contributed by atoms with Crippen molar-refractivity contribution in [3.8, 4) is 0 Å². The number of aromatic nitrogens is 1. The molecule has 4 heteroatoms. The van der Waals surface area contributed by atoms with Gasteiger partial charge in [-0.2, -0.15) is 0 Å². The summed E-state index contributed by atoms with van der Waals surface area (Å²) in [5, 5.41) is 2.83. The Bertz CT molecular complexity index is 372. The first kappa shape index (κ1) is 8.99. The predicted octanol–water partition coefficient (Wildman–Crippen LogP) is 1.32. The number of anilines is 2. The van der Waals surface area contributed by atoms with Crippen molar-refractivity contribution in [1.29, 1.82) is 0 Å². The van der Waals surface area contributed by atoms with Crippen LogP contribution < -0.4 is 11.1 Å². The van der Waals surface area contributed by atoms with Gasteiger partial charge >= 0.3 is 0 Å². The van der Waals surface area contributed by atoms with Gasteiger partial charge in [-0.1, -0.05) is 0 Å².